The van der Waals surface area contributed by atoms with Gasteiger partial charge in [0.15, 0.2) is 0 Å². The fraction of sp³-hybridized carbons (Fsp3) is 0.789. The van der Waals surface area contributed by atoms with E-state index in [0.29, 0.717) is 12.8 Å². The summed E-state index contributed by atoms with van der Waals surface area (Å²) >= 11 is 0. The van der Waals surface area contributed by atoms with Crippen LogP contribution in [0.4, 0.5) is 0 Å². The summed E-state index contributed by atoms with van der Waals surface area (Å²) in [5.74, 6) is -0.666. The van der Waals surface area contributed by atoms with Gasteiger partial charge in [0.1, 0.15) is 5.78 Å². The molecule has 6 nitrogen and oxygen atoms in total. The summed E-state index contributed by atoms with van der Waals surface area (Å²) in [5.41, 5.74) is 3.71. The molecule has 2 aliphatic rings. The van der Waals surface area contributed by atoms with Crippen molar-refractivity contribution in [1.29, 1.82) is 0 Å². The maximum Gasteiger partial charge on any atom is 0.305 e. The van der Waals surface area contributed by atoms with Gasteiger partial charge in [-0.25, -0.2) is 0 Å². The number of hydrogen-bond acceptors (Lipinski definition) is 5. The zero-order valence-electron chi connectivity index (χ0n) is 15.1. The number of Topliss-reactive ketones (excluding diaryl/α,β-unsaturated/α-hetero) is 1. The number of aliphatic carboxylic acids is 1. The Bertz CT molecular complexity index is 490. The molecule has 0 aromatic heterocycles. The van der Waals surface area contributed by atoms with E-state index in [0.717, 1.165) is 25.0 Å². The van der Waals surface area contributed by atoms with Crippen molar-refractivity contribution in [2.75, 3.05) is 6.61 Å². The van der Waals surface area contributed by atoms with Crippen molar-refractivity contribution < 1.29 is 24.6 Å². The van der Waals surface area contributed by atoms with Crippen LogP contribution in [0.5, 0.6) is 0 Å². The molecule has 0 saturated heterocycles. The van der Waals surface area contributed by atoms with E-state index >= 15 is 0 Å². The SMILES string of the molecule is CCCCCCCC(=O)[C@H]1[C@@H]2C=C(NOCCC(=O)O)C[C@@H]2C[C@@H]1O. The standard InChI is InChI=1S/C19H31NO5/c1-2-3-4-5-6-7-16(21)19-15-12-14(10-13(15)11-17(19)22)20-25-9-8-18(23)24/h12-13,15,17,19-20,22H,2-11H2,1H3,(H,23,24)/t13-,15-,17+,19-/m1/s1. The summed E-state index contributed by atoms with van der Waals surface area (Å²) < 4.78 is 0. The van der Waals surface area contributed by atoms with E-state index in [1.165, 1.54) is 19.3 Å². The maximum absolute atomic E-state index is 12.6. The lowest BCUT2D eigenvalue weighted by Crippen LogP contribution is -2.27. The Balaban J connectivity index is 1.79. The summed E-state index contributed by atoms with van der Waals surface area (Å²) in [7, 11) is 0. The number of unbranched alkanes of at least 4 members (excludes halogenated alkanes) is 4. The average molecular weight is 353 g/mol. The van der Waals surface area contributed by atoms with Gasteiger partial charge >= 0.3 is 5.97 Å². The average Bonchev–Trinajstić information content (AvgIpc) is 3.06. The first-order valence-corrected chi connectivity index (χ1v) is 9.54. The first-order valence-electron chi connectivity index (χ1n) is 9.54. The molecule has 4 atom stereocenters. The lowest BCUT2D eigenvalue weighted by atomic mass is 9.86. The third-order valence-corrected chi connectivity index (χ3v) is 5.31. The second-order valence-corrected chi connectivity index (χ2v) is 7.29. The number of carboxylic acid groups (broad SMARTS) is 1. The van der Waals surface area contributed by atoms with Gasteiger partial charge in [0.05, 0.1) is 25.0 Å². The van der Waals surface area contributed by atoms with E-state index in [2.05, 4.69) is 12.4 Å². The molecule has 25 heavy (non-hydrogen) atoms. The fourth-order valence-electron chi connectivity index (χ4n) is 4.06. The zero-order valence-corrected chi connectivity index (χ0v) is 15.1. The maximum atomic E-state index is 12.6. The number of fused-ring (bicyclic) bond motifs is 1. The lowest BCUT2D eigenvalue weighted by Gasteiger charge is -2.18. The molecule has 1 fully saturated rings. The van der Waals surface area contributed by atoms with Gasteiger partial charge in [-0.2, -0.15) is 0 Å². The van der Waals surface area contributed by atoms with Crippen molar-refractivity contribution >= 4 is 11.8 Å². The molecule has 0 aliphatic heterocycles. The summed E-state index contributed by atoms with van der Waals surface area (Å²) in [6.07, 6.45) is 8.92. The number of hydrogen-bond donors (Lipinski definition) is 3. The second-order valence-electron chi connectivity index (χ2n) is 7.29. The van der Waals surface area contributed by atoms with E-state index in [4.69, 9.17) is 9.94 Å². The number of carbonyl (C=O) groups is 2. The molecule has 0 aromatic rings. The van der Waals surface area contributed by atoms with Gasteiger partial charge < -0.3 is 10.2 Å². The molecule has 2 aliphatic carbocycles. The smallest absolute Gasteiger partial charge is 0.305 e. The second kappa shape index (κ2) is 9.92. The molecule has 0 radical (unpaired) electrons. The van der Waals surface area contributed by atoms with Gasteiger partial charge in [-0.05, 0) is 31.1 Å². The van der Waals surface area contributed by atoms with Gasteiger partial charge in [-0.3, -0.25) is 19.9 Å². The first kappa shape index (κ1) is 19.9. The van der Waals surface area contributed by atoms with Crippen LogP contribution in [0.3, 0.4) is 0 Å². The van der Waals surface area contributed by atoms with Crippen molar-refractivity contribution in [3.05, 3.63) is 11.8 Å². The Labute approximate surface area is 149 Å². The van der Waals surface area contributed by atoms with Crippen LogP contribution in [0.15, 0.2) is 11.8 Å². The first-order chi connectivity index (χ1) is 12.0. The molecule has 0 unspecified atom stereocenters. The number of carbonyl (C=O) groups excluding carboxylic acids is 1. The van der Waals surface area contributed by atoms with Crippen LogP contribution in [0.1, 0.15) is 64.7 Å². The number of aliphatic hydroxyl groups excluding tert-OH is 1. The Morgan fingerprint density at radius 2 is 2.00 bits per heavy atom. The highest BCUT2D eigenvalue weighted by Gasteiger charge is 2.47. The monoisotopic (exact) mass is 353 g/mol. The van der Waals surface area contributed by atoms with Gasteiger partial charge in [0.25, 0.3) is 0 Å². The topological polar surface area (TPSA) is 95.9 Å². The fourth-order valence-corrected chi connectivity index (χ4v) is 4.06. The minimum absolute atomic E-state index is 0.0506. The number of ketones is 1. The zero-order chi connectivity index (χ0) is 18.2. The van der Waals surface area contributed by atoms with Gasteiger partial charge in [-0.15, -0.1) is 0 Å². The number of nitrogens with one attached hydrogen (secondary N) is 1. The third-order valence-electron chi connectivity index (χ3n) is 5.31. The molecule has 2 rings (SSSR count). The lowest BCUT2D eigenvalue weighted by molar-refractivity contribution is -0.138. The Morgan fingerprint density at radius 1 is 1.24 bits per heavy atom. The molecule has 0 spiro atoms. The summed E-state index contributed by atoms with van der Waals surface area (Å²) in [6.45, 7) is 2.27. The molecule has 142 valence electrons. The van der Waals surface area contributed by atoms with Crippen LogP contribution in [0.2, 0.25) is 0 Å². The Kier molecular flexibility index (Phi) is 7.90. The normalized spacial score (nSPS) is 27.8. The van der Waals surface area contributed by atoms with Crippen LogP contribution in [0.25, 0.3) is 0 Å². The number of aliphatic hydroxyl groups is 1. The molecule has 1 saturated carbocycles. The molecular weight excluding hydrogens is 322 g/mol. The largest absolute Gasteiger partial charge is 0.481 e. The van der Waals surface area contributed by atoms with Crippen LogP contribution < -0.4 is 5.48 Å². The Hall–Kier alpha value is -1.40. The van der Waals surface area contributed by atoms with Crippen LogP contribution in [-0.4, -0.2) is 34.7 Å². The van der Waals surface area contributed by atoms with Crippen LogP contribution in [-0.2, 0) is 14.4 Å². The van der Waals surface area contributed by atoms with E-state index in [9.17, 15) is 14.7 Å². The van der Waals surface area contributed by atoms with E-state index in [1.807, 2.05) is 6.08 Å². The van der Waals surface area contributed by atoms with Gasteiger partial charge in [0, 0.05) is 12.1 Å². The van der Waals surface area contributed by atoms with Crippen molar-refractivity contribution in [2.45, 2.75) is 70.8 Å². The molecular formula is C19H31NO5. The molecule has 0 heterocycles. The number of allylic oxidation sites excluding steroid dienone is 2. The number of hydroxylamine groups is 1. The summed E-state index contributed by atoms with van der Waals surface area (Å²) in [4.78, 5) is 28.2. The molecule has 0 aromatic carbocycles. The van der Waals surface area contributed by atoms with Crippen LogP contribution >= 0.6 is 0 Å². The highest BCUT2D eigenvalue weighted by molar-refractivity contribution is 5.82. The molecule has 6 heteroatoms. The molecule has 0 amide bonds. The predicted molar refractivity (Wildman–Crippen MR) is 93.5 cm³/mol. The molecule has 0 bridgehead atoms. The van der Waals surface area contributed by atoms with E-state index < -0.39 is 12.1 Å². The minimum atomic E-state index is -0.896. The summed E-state index contributed by atoms with van der Waals surface area (Å²) in [5, 5.41) is 18.9. The molecule has 3 N–H and O–H groups in total. The van der Waals surface area contributed by atoms with E-state index in [-0.39, 0.29) is 36.6 Å². The van der Waals surface area contributed by atoms with Crippen molar-refractivity contribution in [3.8, 4) is 0 Å². The van der Waals surface area contributed by atoms with Gasteiger partial charge in [-0.1, -0.05) is 38.7 Å². The third kappa shape index (κ3) is 5.82. The Morgan fingerprint density at radius 3 is 2.72 bits per heavy atom. The quantitative estimate of drug-likeness (QED) is 0.369. The van der Waals surface area contributed by atoms with E-state index in [1.54, 1.807) is 0 Å². The van der Waals surface area contributed by atoms with Crippen LogP contribution in [0, 0.1) is 17.8 Å². The predicted octanol–water partition coefficient (Wildman–Crippen LogP) is 2.81. The number of rotatable bonds is 12. The summed E-state index contributed by atoms with van der Waals surface area (Å²) in [6, 6.07) is 0. The van der Waals surface area contributed by atoms with Crippen molar-refractivity contribution in [2.24, 2.45) is 17.8 Å². The number of carboxylic acids is 1. The van der Waals surface area contributed by atoms with Gasteiger partial charge in [0.2, 0.25) is 0 Å². The highest BCUT2D eigenvalue weighted by atomic mass is 16.6. The minimum Gasteiger partial charge on any atom is -0.481 e. The van der Waals surface area contributed by atoms with Crippen molar-refractivity contribution in [3.63, 3.8) is 0 Å². The van der Waals surface area contributed by atoms with Crippen molar-refractivity contribution in [1.82, 2.24) is 5.48 Å². The highest BCUT2D eigenvalue weighted by Crippen LogP contribution is 2.46.